The van der Waals surface area contributed by atoms with Gasteiger partial charge in [0, 0.05) is 24.4 Å². The molecule has 17 heteroatoms. The number of carbonyl (C=O) groups excluding carboxylic acids is 5. The lowest BCUT2D eigenvalue weighted by atomic mass is 10.0. The van der Waals surface area contributed by atoms with Crippen LogP contribution in [-0.4, -0.2) is 75.6 Å². The molecule has 308 valence electrons. The molecule has 1 saturated carbocycles. The number of amides is 5. The molecule has 0 radical (unpaired) electrons. The summed E-state index contributed by atoms with van der Waals surface area (Å²) in [5.41, 5.74) is 0.522. The summed E-state index contributed by atoms with van der Waals surface area (Å²) in [5, 5.41) is 5.49. The van der Waals surface area contributed by atoms with E-state index in [-0.39, 0.29) is 45.5 Å². The third kappa shape index (κ3) is 10.0. The summed E-state index contributed by atoms with van der Waals surface area (Å²) in [7, 11) is 0. The number of hydrogen-bond donors (Lipinski definition) is 3. The summed E-state index contributed by atoms with van der Waals surface area (Å²) in [6, 6.07) is 6.49. The zero-order valence-electron chi connectivity index (χ0n) is 32.0. The number of benzene rings is 2. The van der Waals surface area contributed by atoms with E-state index in [4.69, 9.17) is 14.3 Å². The van der Waals surface area contributed by atoms with E-state index in [0.717, 1.165) is 18.6 Å². The van der Waals surface area contributed by atoms with Gasteiger partial charge in [0.05, 0.1) is 25.3 Å². The van der Waals surface area contributed by atoms with E-state index in [9.17, 15) is 41.5 Å². The van der Waals surface area contributed by atoms with Crippen LogP contribution < -0.4 is 16.1 Å². The molecule has 5 amide bonds. The number of alkyl carbamates (subject to hydrolysis) is 1. The smallest absolute Gasteiger partial charge is 0.416 e. The van der Waals surface area contributed by atoms with Gasteiger partial charge in [-0.2, -0.15) is 13.2 Å². The van der Waals surface area contributed by atoms with Crippen LogP contribution in [0.5, 0.6) is 0 Å². The number of hydrogen-bond acceptors (Lipinski definition) is 8. The van der Waals surface area contributed by atoms with Crippen LogP contribution in [-0.2, 0) is 54.6 Å². The molecule has 2 fully saturated rings. The molecule has 1 saturated heterocycles. The maximum absolute atomic E-state index is 14.4. The van der Waals surface area contributed by atoms with Crippen molar-refractivity contribution in [1.29, 1.82) is 0 Å². The van der Waals surface area contributed by atoms with Crippen molar-refractivity contribution < 1.29 is 55.8 Å². The van der Waals surface area contributed by atoms with Gasteiger partial charge in [-0.05, 0) is 75.8 Å². The van der Waals surface area contributed by atoms with Crippen LogP contribution in [0.2, 0.25) is 0 Å². The molecule has 2 aromatic carbocycles. The van der Waals surface area contributed by atoms with Crippen molar-refractivity contribution in [3.8, 4) is 0 Å². The Kier molecular flexibility index (Phi) is 12.2. The molecule has 3 aliphatic heterocycles. The summed E-state index contributed by atoms with van der Waals surface area (Å²) in [4.78, 5) is 76.6. The minimum absolute atomic E-state index is 0.0184. The molecule has 3 N–H and O–H groups in total. The lowest BCUT2D eigenvalue weighted by molar-refractivity contribution is -0.144. The highest BCUT2D eigenvalue weighted by Crippen LogP contribution is 2.45. The van der Waals surface area contributed by atoms with Crippen molar-refractivity contribution in [1.82, 2.24) is 25.9 Å². The predicted octanol–water partition coefficient (Wildman–Crippen LogP) is 5.80. The van der Waals surface area contributed by atoms with Gasteiger partial charge in [-0.3, -0.25) is 24.1 Å². The zero-order valence-corrected chi connectivity index (χ0v) is 32.0. The molecule has 5 atom stereocenters. The first-order valence-corrected chi connectivity index (χ1v) is 19.0. The molecular formula is C40H47F4N5O8. The SMILES string of the molecule is CC(C)(C)OC(=O)N[C@H]1CCCCC/C=C\[C@H]2C[C@]2(C(=O)NOCc2ccc(C(F)(F)F)cc2)NC(=O)[C@@H]2C[C@@H](OC(=O)N3Cc4cccc(F)c4C3)CN2C1=O. The van der Waals surface area contributed by atoms with E-state index in [1.54, 1.807) is 32.9 Å². The fourth-order valence-electron chi connectivity index (χ4n) is 7.41. The van der Waals surface area contributed by atoms with Crippen LogP contribution in [0.15, 0.2) is 54.6 Å². The first kappa shape index (κ1) is 41.4. The van der Waals surface area contributed by atoms with E-state index in [1.165, 1.54) is 28.0 Å². The Morgan fingerprint density at radius 2 is 1.75 bits per heavy atom. The van der Waals surface area contributed by atoms with Gasteiger partial charge in [0.1, 0.15) is 35.1 Å². The van der Waals surface area contributed by atoms with E-state index in [0.29, 0.717) is 36.0 Å². The Morgan fingerprint density at radius 3 is 2.46 bits per heavy atom. The van der Waals surface area contributed by atoms with Crippen LogP contribution >= 0.6 is 0 Å². The van der Waals surface area contributed by atoms with Crippen molar-refractivity contribution >= 4 is 29.9 Å². The summed E-state index contributed by atoms with van der Waals surface area (Å²) >= 11 is 0. The van der Waals surface area contributed by atoms with Gasteiger partial charge in [-0.25, -0.2) is 19.5 Å². The largest absolute Gasteiger partial charge is 0.444 e. The Labute approximate surface area is 327 Å². The molecule has 2 aromatic rings. The first-order chi connectivity index (χ1) is 26.9. The number of carbonyl (C=O) groups is 5. The second-order valence-corrected chi connectivity index (χ2v) is 15.9. The van der Waals surface area contributed by atoms with Crippen molar-refractivity contribution in [2.45, 2.75) is 121 Å². The first-order valence-electron chi connectivity index (χ1n) is 19.0. The van der Waals surface area contributed by atoms with Crippen molar-refractivity contribution in [3.05, 3.63) is 82.7 Å². The Balaban J connectivity index is 1.20. The van der Waals surface area contributed by atoms with E-state index in [1.807, 2.05) is 12.2 Å². The topological polar surface area (TPSA) is 156 Å². The van der Waals surface area contributed by atoms with Crippen molar-refractivity contribution in [2.75, 3.05) is 6.54 Å². The number of nitrogens with one attached hydrogen (secondary N) is 3. The van der Waals surface area contributed by atoms with Crippen LogP contribution in [0.4, 0.5) is 27.2 Å². The number of alkyl halides is 3. The highest BCUT2D eigenvalue weighted by atomic mass is 19.4. The third-order valence-electron chi connectivity index (χ3n) is 10.5. The van der Waals surface area contributed by atoms with Crippen LogP contribution in [0, 0.1) is 11.7 Å². The van der Waals surface area contributed by atoms with Crippen LogP contribution in [0.25, 0.3) is 0 Å². The average molecular weight is 802 g/mol. The fourth-order valence-corrected chi connectivity index (χ4v) is 7.41. The number of nitrogens with zero attached hydrogens (tertiary/aromatic N) is 2. The molecule has 4 aliphatic rings. The molecular weight excluding hydrogens is 754 g/mol. The van der Waals surface area contributed by atoms with Crippen LogP contribution in [0.1, 0.15) is 88.0 Å². The number of fused-ring (bicyclic) bond motifs is 3. The number of rotatable bonds is 6. The summed E-state index contributed by atoms with van der Waals surface area (Å²) in [6.45, 7) is 4.68. The second-order valence-electron chi connectivity index (χ2n) is 15.9. The van der Waals surface area contributed by atoms with Crippen molar-refractivity contribution in [3.63, 3.8) is 0 Å². The molecule has 1 aliphatic carbocycles. The third-order valence-corrected chi connectivity index (χ3v) is 10.5. The molecule has 0 aromatic heterocycles. The second kappa shape index (κ2) is 16.7. The van der Waals surface area contributed by atoms with E-state index < -0.39 is 82.7 Å². The molecule has 57 heavy (non-hydrogen) atoms. The normalized spacial score (nSPS) is 25.8. The molecule has 0 unspecified atom stereocenters. The van der Waals surface area contributed by atoms with Gasteiger partial charge in [-0.15, -0.1) is 0 Å². The highest BCUT2D eigenvalue weighted by Gasteiger charge is 2.61. The van der Waals surface area contributed by atoms with Crippen LogP contribution in [0.3, 0.4) is 0 Å². The Hall–Kier alpha value is -5.19. The zero-order chi connectivity index (χ0) is 41.1. The quantitative estimate of drug-likeness (QED) is 0.188. The number of halogens is 4. The Morgan fingerprint density at radius 1 is 1.00 bits per heavy atom. The molecule has 13 nitrogen and oxygen atoms in total. The molecule has 3 heterocycles. The van der Waals surface area contributed by atoms with Gasteiger partial charge in [-0.1, -0.05) is 49.3 Å². The summed E-state index contributed by atoms with van der Waals surface area (Å²) < 4.78 is 64.7. The molecule has 0 bridgehead atoms. The van der Waals surface area contributed by atoms with Gasteiger partial charge >= 0.3 is 18.4 Å². The summed E-state index contributed by atoms with van der Waals surface area (Å²) in [5.74, 6) is -2.91. The summed E-state index contributed by atoms with van der Waals surface area (Å²) in [6.07, 6.45) is -0.369. The minimum Gasteiger partial charge on any atom is -0.444 e. The maximum atomic E-state index is 14.4. The standard InChI is InChI=1S/C40H47F4N5O8/c1-38(2,3)57-36(53)45-31-13-8-6-4-5-7-11-27-19-39(27,35(52)47-55-23-24-14-16-26(17-15-24)40(42,43)44)46-33(50)32-18-28(21-49(32)34(31)51)56-37(54)48-20-25-10-9-12-30(41)29(25)22-48/h7,9-12,14-17,27-28,31-32H,4-6,8,13,18-23H2,1-3H3,(H,45,53)(H,46,50)(H,47,52)/b11-7-/t27-,28+,31-,32-,39-/m0/s1. The maximum Gasteiger partial charge on any atom is 0.416 e. The molecule has 6 rings (SSSR count). The number of hydroxylamine groups is 1. The minimum atomic E-state index is -4.51. The number of ether oxygens (including phenoxy) is 2. The fraction of sp³-hybridized carbons (Fsp3) is 0.525. The van der Waals surface area contributed by atoms with Gasteiger partial charge in [0.25, 0.3) is 5.91 Å². The monoisotopic (exact) mass is 801 g/mol. The van der Waals surface area contributed by atoms with Gasteiger partial charge < -0.3 is 25.0 Å². The lowest BCUT2D eigenvalue weighted by Gasteiger charge is -2.30. The van der Waals surface area contributed by atoms with Gasteiger partial charge in [0.15, 0.2) is 0 Å². The molecule has 0 spiro atoms. The number of allylic oxidation sites excluding steroid dienone is 1. The van der Waals surface area contributed by atoms with Gasteiger partial charge in [0.2, 0.25) is 11.8 Å². The predicted molar refractivity (Wildman–Crippen MR) is 195 cm³/mol. The van der Waals surface area contributed by atoms with E-state index in [2.05, 4.69) is 16.1 Å². The van der Waals surface area contributed by atoms with Crippen molar-refractivity contribution in [2.24, 2.45) is 5.92 Å². The highest BCUT2D eigenvalue weighted by molar-refractivity contribution is 5.98. The average Bonchev–Trinajstić information content (AvgIpc) is 3.42. The Bertz CT molecular complexity index is 1880. The lowest BCUT2D eigenvalue weighted by Crippen LogP contribution is -2.58. The van der Waals surface area contributed by atoms with E-state index >= 15 is 0 Å².